The van der Waals surface area contributed by atoms with E-state index < -0.39 is 5.60 Å². The van der Waals surface area contributed by atoms with Crippen LogP contribution in [0.3, 0.4) is 0 Å². The smallest absolute Gasteiger partial charge is 0.410 e. The van der Waals surface area contributed by atoms with Gasteiger partial charge in [0.05, 0.1) is 26.5 Å². The third-order valence-electron chi connectivity index (χ3n) is 4.47. The van der Waals surface area contributed by atoms with Crippen molar-refractivity contribution in [2.45, 2.75) is 39.3 Å². The Labute approximate surface area is 169 Å². The van der Waals surface area contributed by atoms with E-state index in [1.807, 2.05) is 20.8 Å². The Balaban J connectivity index is 1.77. The van der Waals surface area contributed by atoms with Crippen LogP contribution in [0.4, 0.5) is 10.6 Å². The van der Waals surface area contributed by atoms with Crippen molar-refractivity contribution in [1.29, 1.82) is 0 Å². The average molecular weight is 402 g/mol. The first kappa shape index (κ1) is 20.5. The monoisotopic (exact) mass is 402 g/mol. The van der Waals surface area contributed by atoms with Gasteiger partial charge in [-0.15, -0.1) is 0 Å². The summed E-state index contributed by atoms with van der Waals surface area (Å²) in [6, 6.07) is 5.13. The van der Waals surface area contributed by atoms with Crippen molar-refractivity contribution in [3.8, 4) is 11.5 Å². The van der Waals surface area contributed by atoms with E-state index in [4.69, 9.17) is 14.2 Å². The number of nitrogens with zero attached hydrogens (tertiary/aromatic N) is 2. The molecule has 0 saturated heterocycles. The molecular weight excluding hydrogens is 376 g/mol. The Morgan fingerprint density at radius 3 is 2.41 bits per heavy atom. The van der Waals surface area contributed by atoms with Crippen LogP contribution in [0.5, 0.6) is 11.5 Å². The standard InChI is InChI=1S/C20H26N4O5/c1-20(2,3)29-19(26)24-10-9-12-13(11-24)22-23-17(12)21-18(25)16-14(27-4)7-6-8-15(16)28-5/h6-8H,9-11H2,1-5H3,(H2,21,22,23,25). The number of carbonyl (C=O) groups excluding carboxylic acids is 2. The molecule has 0 fully saturated rings. The predicted octanol–water partition coefficient (Wildman–Crippen LogP) is 2.97. The minimum Gasteiger partial charge on any atom is -0.496 e. The van der Waals surface area contributed by atoms with Crippen molar-refractivity contribution in [3.63, 3.8) is 0 Å². The van der Waals surface area contributed by atoms with Gasteiger partial charge >= 0.3 is 6.09 Å². The van der Waals surface area contributed by atoms with Gasteiger partial charge in [-0.3, -0.25) is 9.89 Å². The number of rotatable bonds is 4. The number of benzene rings is 1. The number of amides is 2. The van der Waals surface area contributed by atoms with Crippen LogP contribution in [0, 0.1) is 0 Å². The summed E-state index contributed by atoms with van der Waals surface area (Å²) < 4.78 is 16.0. The summed E-state index contributed by atoms with van der Waals surface area (Å²) in [6.45, 7) is 6.30. The average Bonchev–Trinajstić information content (AvgIpc) is 3.07. The number of methoxy groups -OCH3 is 2. The number of aromatic nitrogens is 2. The van der Waals surface area contributed by atoms with E-state index >= 15 is 0 Å². The fraction of sp³-hybridized carbons (Fsp3) is 0.450. The van der Waals surface area contributed by atoms with Crippen LogP contribution >= 0.6 is 0 Å². The summed E-state index contributed by atoms with van der Waals surface area (Å²) in [6.07, 6.45) is 0.172. The maximum Gasteiger partial charge on any atom is 0.410 e. The first-order chi connectivity index (χ1) is 13.7. The summed E-state index contributed by atoms with van der Waals surface area (Å²) in [7, 11) is 2.99. The van der Waals surface area contributed by atoms with Gasteiger partial charge in [-0.1, -0.05) is 6.07 Å². The zero-order valence-corrected chi connectivity index (χ0v) is 17.3. The van der Waals surface area contributed by atoms with Crippen molar-refractivity contribution in [3.05, 3.63) is 35.0 Å². The van der Waals surface area contributed by atoms with Crippen LogP contribution in [0.15, 0.2) is 18.2 Å². The Bertz CT molecular complexity index is 894. The first-order valence-corrected chi connectivity index (χ1v) is 9.30. The molecule has 0 aliphatic carbocycles. The molecule has 1 aromatic heterocycles. The van der Waals surface area contributed by atoms with Crippen molar-refractivity contribution in [1.82, 2.24) is 15.1 Å². The SMILES string of the molecule is COc1cccc(OC)c1C(=O)Nc1n[nH]c2c1CCN(C(=O)OC(C)(C)C)C2. The van der Waals surface area contributed by atoms with Gasteiger partial charge < -0.3 is 24.4 Å². The van der Waals surface area contributed by atoms with Crippen LogP contribution in [-0.2, 0) is 17.7 Å². The van der Waals surface area contributed by atoms with Crippen LogP contribution in [0.2, 0.25) is 0 Å². The van der Waals surface area contributed by atoms with Gasteiger partial charge in [-0.05, 0) is 39.3 Å². The fourth-order valence-corrected chi connectivity index (χ4v) is 3.15. The lowest BCUT2D eigenvalue weighted by molar-refractivity contribution is 0.0221. The highest BCUT2D eigenvalue weighted by Gasteiger charge is 2.29. The van der Waals surface area contributed by atoms with Gasteiger partial charge in [-0.2, -0.15) is 5.10 Å². The summed E-state index contributed by atoms with van der Waals surface area (Å²) in [5.74, 6) is 0.856. The van der Waals surface area contributed by atoms with E-state index in [1.165, 1.54) is 14.2 Å². The highest BCUT2D eigenvalue weighted by atomic mass is 16.6. The summed E-state index contributed by atoms with van der Waals surface area (Å²) >= 11 is 0. The highest BCUT2D eigenvalue weighted by Crippen LogP contribution is 2.30. The summed E-state index contributed by atoms with van der Waals surface area (Å²) in [5.41, 5.74) is 1.37. The van der Waals surface area contributed by atoms with Crippen LogP contribution in [-0.4, -0.2) is 53.5 Å². The molecular formula is C20H26N4O5. The fourth-order valence-electron chi connectivity index (χ4n) is 3.15. The molecule has 0 spiro atoms. The van der Waals surface area contributed by atoms with E-state index in [9.17, 15) is 9.59 Å². The van der Waals surface area contributed by atoms with E-state index in [-0.39, 0.29) is 12.0 Å². The second-order valence-electron chi connectivity index (χ2n) is 7.67. The Kier molecular flexibility index (Phi) is 5.67. The van der Waals surface area contributed by atoms with E-state index in [1.54, 1.807) is 23.1 Å². The maximum absolute atomic E-state index is 12.9. The molecule has 0 bridgehead atoms. The normalized spacial score (nSPS) is 13.5. The number of hydrogen-bond donors (Lipinski definition) is 2. The molecule has 2 heterocycles. The molecule has 156 valence electrons. The molecule has 1 aliphatic rings. The summed E-state index contributed by atoms with van der Waals surface area (Å²) in [5, 5.41) is 9.96. The molecule has 3 rings (SSSR count). The maximum atomic E-state index is 12.9. The minimum absolute atomic E-state index is 0.292. The van der Waals surface area contributed by atoms with Crippen molar-refractivity contribution >= 4 is 17.8 Å². The second-order valence-corrected chi connectivity index (χ2v) is 7.67. The second kappa shape index (κ2) is 8.02. The molecule has 9 heteroatoms. The zero-order chi connectivity index (χ0) is 21.2. The number of anilines is 1. The van der Waals surface area contributed by atoms with Gasteiger partial charge in [0.25, 0.3) is 5.91 Å². The molecule has 0 atom stereocenters. The molecule has 0 unspecified atom stereocenters. The lowest BCUT2D eigenvalue weighted by Crippen LogP contribution is -2.39. The van der Waals surface area contributed by atoms with Crippen LogP contribution in [0.1, 0.15) is 42.4 Å². The number of H-pyrrole nitrogens is 1. The van der Waals surface area contributed by atoms with Gasteiger partial charge in [0.2, 0.25) is 0 Å². The third-order valence-corrected chi connectivity index (χ3v) is 4.47. The summed E-state index contributed by atoms with van der Waals surface area (Å²) in [4.78, 5) is 26.8. The quantitative estimate of drug-likeness (QED) is 0.814. The molecule has 0 radical (unpaired) electrons. The molecule has 1 aromatic carbocycles. The third kappa shape index (κ3) is 4.44. The van der Waals surface area contributed by atoms with Crippen molar-refractivity contribution < 1.29 is 23.8 Å². The minimum atomic E-state index is -0.557. The van der Waals surface area contributed by atoms with Gasteiger partial charge in [0.15, 0.2) is 5.82 Å². The van der Waals surface area contributed by atoms with E-state index in [0.717, 1.165) is 11.3 Å². The molecule has 9 nitrogen and oxygen atoms in total. The Morgan fingerprint density at radius 2 is 1.83 bits per heavy atom. The molecule has 2 aromatic rings. The Morgan fingerprint density at radius 1 is 1.17 bits per heavy atom. The molecule has 0 saturated carbocycles. The van der Waals surface area contributed by atoms with E-state index in [0.29, 0.717) is 42.4 Å². The highest BCUT2D eigenvalue weighted by molar-refractivity contribution is 6.08. The van der Waals surface area contributed by atoms with Crippen molar-refractivity contribution in [2.75, 3.05) is 26.1 Å². The molecule has 29 heavy (non-hydrogen) atoms. The number of ether oxygens (including phenoxy) is 3. The van der Waals surface area contributed by atoms with Gasteiger partial charge in [-0.25, -0.2) is 4.79 Å². The number of carbonyl (C=O) groups is 2. The first-order valence-electron chi connectivity index (χ1n) is 9.30. The van der Waals surface area contributed by atoms with Crippen LogP contribution in [0.25, 0.3) is 0 Å². The molecule has 1 aliphatic heterocycles. The number of fused-ring (bicyclic) bond motifs is 1. The lowest BCUT2D eigenvalue weighted by atomic mass is 10.1. The zero-order valence-electron chi connectivity index (χ0n) is 17.3. The lowest BCUT2D eigenvalue weighted by Gasteiger charge is -2.29. The van der Waals surface area contributed by atoms with Crippen molar-refractivity contribution in [2.24, 2.45) is 0 Å². The topological polar surface area (TPSA) is 106 Å². The number of hydrogen-bond acceptors (Lipinski definition) is 6. The molecule has 2 N–H and O–H groups in total. The van der Waals surface area contributed by atoms with Gasteiger partial charge in [0, 0.05) is 12.1 Å². The predicted molar refractivity (Wildman–Crippen MR) is 106 cm³/mol. The van der Waals surface area contributed by atoms with Gasteiger partial charge in [0.1, 0.15) is 22.7 Å². The molecule has 2 amide bonds. The Hall–Kier alpha value is -3.23. The number of nitrogens with one attached hydrogen (secondary N) is 2. The van der Waals surface area contributed by atoms with E-state index in [2.05, 4.69) is 15.5 Å². The number of aromatic amines is 1. The van der Waals surface area contributed by atoms with Crippen LogP contribution < -0.4 is 14.8 Å². The largest absolute Gasteiger partial charge is 0.496 e.